The molecule has 0 aromatic carbocycles. The Kier molecular flexibility index (Phi) is 0.950. The molecule has 0 radical (unpaired) electrons. The van der Waals surface area contributed by atoms with Crippen molar-refractivity contribution in [3.05, 3.63) is 18.3 Å². The minimum atomic E-state index is 0.507. The van der Waals surface area contributed by atoms with Crippen LogP contribution in [0.15, 0.2) is 18.3 Å². The minimum Gasteiger partial charge on any atom is -0.382 e. The molecule has 3 aromatic rings. The largest absolute Gasteiger partial charge is 0.382 e. The van der Waals surface area contributed by atoms with Gasteiger partial charge in [-0.05, 0) is 22.6 Å². The molecule has 0 atom stereocenters. The first-order valence-corrected chi connectivity index (χ1v) is 3.66. The van der Waals surface area contributed by atoms with Crippen LogP contribution in [0.2, 0.25) is 0 Å². The van der Waals surface area contributed by atoms with Crippen LogP contribution in [0.25, 0.3) is 11.3 Å². The van der Waals surface area contributed by atoms with Gasteiger partial charge in [0.1, 0.15) is 5.82 Å². The maximum absolute atomic E-state index is 5.69. The predicted molar refractivity (Wildman–Crippen MR) is 43.9 cm³/mol. The third-order valence-electron chi connectivity index (χ3n) is 1.84. The van der Waals surface area contributed by atoms with Gasteiger partial charge in [-0.1, -0.05) is 0 Å². The van der Waals surface area contributed by atoms with Crippen molar-refractivity contribution in [2.45, 2.75) is 0 Å². The second-order valence-electron chi connectivity index (χ2n) is 2.61. The van der Waals surface area contributed by atoms with Gasteiger partial charge in [0.05, 0.1) is 6.20 Å². The van der Waals surface area contributed by atoms with Crippen LogP contribution in [0.1, 0.15) is 0 Å². The molecule has 0 aliphatic carbocycles. The SMILES string of the molecule is Nc1cnc2ccc3nnnn3n12. The normalized spacial score (nSPS) is 11.4. The summed E-state index contributed by atoms with van der Waals surface area (Å²) in [5, 5.41) is 11.1. The monoisotopic (exact) mass is 175 g/mol. The maximum Gasteiger partial charge on any atom is 0.198 e. The van der Waals surface area contributed by atoms with E-state index >= 15 is 0 Å². The highest BCUT2D eigenvalue weighted by atomic mass is 15.6. The predicted octanol–water partition coefficient (Wildman–Crippen LogP) is -0.646. The van der Waals surface area contributed by atoms with Gasteiger partial charge in [-0.15, -0.1) is 9.73 Å². The number of anilines is 1. The van der Waals surface area contributed by atoms with Crippen molar-refractivity contribution in [2.75, 3.05) is 5.73 Å². The summed E-state index contributed by atoms with van der Waals surface area (Å²) < 4.78 is 3.13. The summed E-state index contributed by atoms with van der Waals surface area (Å²) in [6, 6.07) is 3.59. The Labute approximate surface area is 71.8 Å². The molecule has 64 valence electrons. The standard InChI is InChI=1S/C6H5N7/c7-4-3-8-5-1-2-6-9-10-11-13(6)12(4)5/h1-3H,7H2. The number of hydrogen-bond acceptors (Lipinski definition) is 5. The lowest BCUT2D eigenvalue weighted by Gasteiger charge is -1.96. The fourth-order valence-corrected chi connectivity index (χ4v) is 1.28. The van der Waals surface area contributed by atoms with Crippen LogP contribution in [0.4, 0.5) is 5.82 Å². The Balaban J connectivity index is 2.70. The number of aromatic nitrogens is 6. The Hall–Kier alpha value is -2.18. The van der Waals surface area contributed by atoms with Gasteiger partial charge in [0.15, 0.2) is 11.3 Å². The van der Waals surface area contributed by atoms with Crippen LogP contribution in [0.3, 0.4) is 0 Å². The molecule has 0 fully saturated rings. The van der Waals surface area contributed by atoms with Crippen molar-refractivity contribution >= 4 is 17.1 Å². The molecule has 0 saturated carbocycles. The molecule has 0 aliphatic heterocycles. The highest BCUT2D eigenvalue weighted by Crippen LogP contribution is 2.08. The van der Waals surface area contributed by atoms with E-state index in [1.807, 2.05) is 6.07 Å². The van der Waals surface area contributed by atoms with Crippen LogP contribution < -0.4 is 5.73 Å². The number of nitrogen functional groups attached to an aromatic ring is 1. The number of rotatable bonds is 0. The van der Waals surface area contributed by atoms with E-state index in [0.29, 0.717) is 11.5 Å². The number of nitrogens with zero attached hydrogens (tertiary/aromatic N) is 6. The Morgan fingerprint density at radius 3 is 3.00 bits per heavy atom. The fraction of sp³-hybridized carbons (Fsp3) is 0. The minimum absolute atomic E-state index is 0.507. The zero-order valence-corrected chi connectivity index (χ0v) is 6.49. The van der Waals surface area contributed by atoms with Crippen molar-refractivity contribution in [3.8, 4) is 0 Å². The Morgan fingerprint density at radius 2 is 2.08 bits per heavy atom. The third kappa shape index (κ3) is 0.675. The van der Waals surface area contributed by atoms with E-state index in [1.165, 1.54) is 4.63 Å². The zero-order valence-electron chi connectivity index (χ0n) is 6.49. The highest BCUT2D eigenvalue weighted by molar-refractivity contribution is 5.50. The number of fused-ring (bicyclic) bond motifs is 3. The molecule has 0 saturated heterocycles. The van der Waals surface area contributed by atoms with Crippen molar-refractivity contribution in [3.63, 3.8) is 0 Å². The quantitative estimate of drug-likeness (QED) is 0.490. The first-order valence-electron chi connectivity index (χ1n) is 3.66. The average molecular weight is 175 g/mol. The molecule has 3 rings (SSSR count). The van der Waals surface area contributed by atoms with Crippen molar-refractivity contribution in [1.29, 1.82) is 0 Å². The van der Waals surface area contributed by atoms with Gasteiger partial charge >= 0.3 is 0 Å². The van der Waals surface area contributed by atoms with E-state index in [4.69, 9.17) is 5.73 Å². The second kappa shape index (κ2) is 1.94. The lowest BCUT2D eigenvalue weighted by Crippen LogP contribution is -2.04. The Bertz CT molecular complexity index is 577. The molecule has 0 unspecified atom stereocenters. The zero-order chi connectivity index (χ0) is 8.84. The van der Waals surface area contributed by atoms with Gasteiger partial charge in [0, 0.05) is 0 Å². The first kappa shape index (κ1) is 6.35. The summed E-state index contributed by atoms with van der Waals surface area (Å²) in [5.41, 5.74) is 7.04. The van der Waals surface area contributed by atoms with E-state index in [9.17, 15) is 0 Å². The van der Waals surface area contributed by atoms with Crippen molar-refractivity contribution in [2.24, 2.45) is 0 Å². The van der Waals surface area contributed by atoms with Crippen LogP contribution in [-0.2, 0) is 0 Å². The maximum atomic E-state index is 5.69. The topological polar surface area (TPSA) is 86.4 Å². The van der Waals surface area contributed by atoms with E-state index in [2.05, 4.69) is 20.5 Å². The summed E-state index contributed by atoms with van der Waals surface area (Å²) >= 11 is 0. The summed E-state index contributed by atoms with van der Waals surface area (Å²) in [7, 11) is 0. The molecule has 13 heavy (non-hydrogen) atoms. The fourth-order valence-electron chi connectivity index (χ4n) is 1.28. The summed E-state index contributed by atoms with van der Waals surface area (Å²) in [6.45, 7) is 0. The summed E-state index contributed by atoms with van der Waals surface area (Å²) in [6.07, 6.45) is 1.57. The van der Waals surface area contributed by atoms with Gasteiger partial charge < -0.3 is 5.73 Å². The van der Waals surface area contributed by atoms with E-state index in [0.717, 1.165) is 5.65 Å². The van der Waals surface area contributed by atoms with E-state index < -0.39 is 0 Å². The Morgan fingerprint density at radius 1 is 1.23 bits per heavy atom. The molecule has 3 heterocycles. The summed E-state index contributed by atoms with van der Waals surface area (Å²) in [4.78, 5) is 4.07. The molecule has 2 N–H and O–H groups in total. The molecule has 7 nitrogen and oxygen atoms in total. The first-order chi connectivity index (χ1) is 6.36. The molecular weight excluding hydrogens is 170 g/mol. The third-order valence-corrected chi connectivity index (χ3v) is 1.84. The van der Waals surface area contributed by atoms with Crippen LogP contribution >= 0.6 is 0 Å². The van der Waals surface area contributed by atoms with Gasteiger partial charge in [-0.2, -0.15) is 4.52 Å². The van der Waals surface area contributed by atoms with E-state index in [-0.39, 0.29) is 0 Å². The van der Waals surface area contributed by atoms with Crippen LogP contribution in [0.5, 0.6) is 0 Å². The molecule has 3 aromatic heterocycles. The lowest BCUT2D eigenvalue weighted by atomic mass is 10.5. The van der Waals surface area contributed by atoms with E-state index in [1.54, 1.807) is 16.8 Å². The molecule has 0 spiro atoms. The van der Waals surface area contributed by atoms with Crippen LogP contribution in [0, 0.1) is 0 Å². The van der Waals surface area contributed by atoms with Crippen molar-refractivity contribution < 1.29 is 0 Å². The van der Waals surface area contributed by atoms with Crippen molar-refractivity contribution in [1.82, 2.24) is 29.7 Å². The lowest BCUT2D eigenvalue weighted by molar-refractivity contribution is 0.699. The number of tetrazole rings is 1. The molecule has 0 aliphatic rings. The number of imidazole rings is 1. The second-order valence-corrected chi connectivity index (χ2v) is 2.61. The van der Waals surface area contributed by atoms with Gasteiger partial charge in [0.25, 0.3) is 0 Å². The van der Waals surface area contributed by atoms with Gasteiger partial charge in [0.2, 0.25) is 0 Å². The number of hydrogen-bond donors (Lipinski definition) is 1. The highest BCUT2D eigenvalue weighted by Gasteiger charge is 2.05. The molecule has 0 amide bonds. The average Bonchev–Trinajstić information content (AvgIpc) is 2.70. The van der Waals surface area contributed by atoms with Gasteiger partial charge in [-0.3, -0.25) is 0 Å². The molecular formula is C6H5N7. The van der Waals surface area contributed by atoms with Gasteiger partial charge in [-0.25, -0.2) is 4.98 Å². The summed E-state index contributed by atoms with van der Waals surface area (Å²) in [5.74, 6) is 0.507. The molecule has 0 bridgehead atoms. The van der Waals surface area contributed by atoms with Crippen LogP contribution in [-0.4, -0.2) is 29.7 Å². The number of nitrogens with two attached hydrogens (primary N) is 1. The molecule has 7 heteroatoms. The smallest absolute Gasteiger partial charge is 0.198 e.